The Hall–Kier alpha value is -3.18. The van der Waals surface area contributed by atoms with Crippen molar-refractivity contribution < 1.29 is 9.59 Å². The van der Waals surface area contributed by atoms with Crippen molar-refractivity contribution in [3.05, 3.63) is 94.8 Å². The smallest absolute Gasteiger partial charge is 0.272 e. The van der Waals surface area contributed by atoms with Gasteiger partial charge in [0, 0.05) is 35.6 Å². The predicted molar refractivity (Wildman–Crippen MR) is 110 cm³/mol. The molecule has 0 fully saturated rings. The number of rotatable bonds is 6. The van der Waals surface area contributed by atoms with Crippen LogP contribution in [-0.2, 0) is 6.54 Å². The van der Waals surface area contributed by atoms with Gasteiger partial charge in [-0.2, -0.15) is 0 Å². The highest BCUT2D eigenvalue weighted by atomic mass is 35.5. The van der Waals surface area contributed by atoms with E-state index in [2.05, 4.69) is 10.3 Å². The molecule has 0 radical (unpaired) electrons. The molecule has 0 spiro atoms. The second-order valence-corrected chi connectivity index (χ2v) is 6.63. The number of pyridine rings is 1. The summed E-state index contributed by atoms with van der Waals surface area (Å²) in [5.74, 6) is -0.530. The molecule has 28 heavy (non-hydrogen) atoms. The van der Waals surface area contributed by atoms with Crippen LogP contribution in [0.15, 0.2) is 72.9 Å². The van der Waals surface area contributed by atoms with Crippen LogP contribution in [0.1, 0.15) is 33.3 Å². The summed E-state index contributed by atoms with van der Waals surface area (Å²) in [6, 6.07) is 19.7. The second kappa shape index (κ2) is 9.15. The van der Waals surface area contributed by atoms with Crippen LogP contribution < -0.4 is 5.32 Å². The Balaban J connectivity index is 1.74. The van der Waals surface area contributed by atoms with Crippen LogP contribution in [-0.4, -0.2) is 28.2 Å². The number of hydrogen-bond donors (Lipinski definition) is 1. The lowest BCUT2D eigenvalue weighted by atomic mass is 10.1. The zero-order valence-electron chi connectivity index (χ0n) is 15.4. The summed E-state index contributed by atoms with van der Waals surface area (Å²) in [6.45, 7) is 2.94. The first-order valence-corrected chi connectivity index (χ1v) is 9.31. The Morgan fingerprint density at radius 1 is 1.04 bits per heavy atom. The Kier molecular flexibility index (Phi) is 6.40. The molecule has 1 N–H and O–H groups in total. The summed E-state index contributed by atoms with van der Waals surface area (Å²) in [5.41, 5.74) is 2.26. The number of anilines is 1. The summed E-state index contributed by atoms with van der Waals surface area (Å²) in [6.07, 6.45) is 1.47. The van der Waals surface area contributed by atoms with E-state index in [4.69, 9.17) is 11.6 Å². The highest BCUT2D eigenvalue weighted by Crippen LogP contribution is 2.15. The van der Waals surface area contributed by atoms with Gasteiger partial charge in [-0.1, -0.05) is 41.9 Å². The first kappa shape index (κ1) is 19.6. The van der Waals surface area contributed by atoms with Crippen molar-refractivity contribution in [2.75, 3.05) is 11.9 Å². The van der Waals surface area contributed by atoms with Crippen molar-refractivity contribution in [2.24, 2.45) is 0 Å². The summed E-state index contributed by atoms with van der Waals surface area (Å²) in [4.78, 5) is 31.2. The molecule has 0 bridgehead atoms. The maximum atomic E-state index is 12.9. The summed E-state index contributed by atoms with van der Waals surface area (Å²) < 4.78 is 0. The van der Waals surface area contributed by atoms with Gasteiger partial charge in [-0.05, 0) is 48.9 Å². The van der Waals surface area contributed by atoms with Gasteiger partial charge in [-0.15, -0.1) is 0 Å². The zero-order valence-corrected chi connectivity index (χ0v) is 16.2. The zero-order chi connectivity index (χ0) is 19.9. The van der Waals surface area contributed by atoms with Gasteiger partial charge < -0.3 is 10.2 Å². The summed E-state index contributed by atoms with van der Waals surface area (Å²) in [7, 11) is 0. The third-order valence-corrected chi connectivity index (χ3v) is 4.48. The molecule has 1 heterocycles. The van der Waals surface area contributed by atoms with E-state index in [9.17, 15) is 9.59 Å². The molecule has 142 valence electrons. The van der Waals surface area contributed by atoms with Crippen molar-refractivity contribution >= 4 is 29.1 Å². The molecule has 0 atom stereocenters. The molecule has 2 aromatic carbocycles. The standard InChI is InChI=1S/C22H20ClN3O2/c1-2-26(15-16-6-4-3-5-7-16)22(28)20-14-17(12-13-24-20)21(27)25-19-10-8-18(23)9-11-19/h3-14H,2,15H2,1H3,(H,25,27). The predicted octanol–water partition coefficient (Wildman–Crippen LogP) is 4.65. The number of nitrogens with zero attached hydrogens (tertiary/aromatic N) is 2. The highest BCUT2D eigenvalue weighted by molar-refractivity contribution is 6.30. The van der Waals surface area contributed by atoms with Gasteiger partial charge in [0.25, 0.3) is 11.8 Å². The Morgan fingerprint density at radius 3 is 2.43 bits per heavy atom. The number of nitrogens with one attached hydrogen (secondary N) is 1. The monoisotopic (exact) mass is 393 g/mol. The van der Waals surface area contributed by atoms with Crippen molar-refractivity contribution in [3.8, 4) is 0 Å². The van der Waals surface area contributed by atoms with Gasteiger partial charge in [0.1, 0.15) is 5.69 Å². The van der Waals surface area contributed by atoms with Crippen LogP contribution in [0.25, 0.3) is 0 Å². The Bertz CT molecular complexity index is 959. The van der Waals surface area contributed by atoms with Crippen molar-refractivity contribution in [2.45, 2.75) is 13.5 Å². The van der Waals surface area contributed by atoms with Crippen LogP contribution in [0.5, 0.6) is 0 Å². The van der Waals surface area contributed by atoms with Gasteiger partial charge in [0.15, 0.2) is 0 Å². The van der Waals surface area contributed by atoms with Gasteiger partial charge >= 0.3 is 0 Å². The maximum Gasteiger partial charge on any atom is 0.272 e. The number of carbonyl (C=O) groups excluding carboxylic acids is 2. The average Bonchev–Trinajstić information content (AvgIpc) is 2.74. The largest absolute Gasteiger partial charge is 0.333 e. The molecule has 0 unspecified atom stereocenters. The summed E-state index contributed by atoms with van der Waals surface area (Å²) in [5, 5.41) is 3.37. The van der Waals surface area contributed by atoms with Crippen molar-refractivity contribution in [3.63, 3.8) is 0 Å². The molecule has 0 aliphatic heterocycles. The van der Waals surface area contributed by atoms with E-state index in [0.29, 0.717) is 29.4 Å². The number of benzene rings is 2. The quantitative estimate of drug-likeness (QED) is 0.663. The van der Waals surface area contributed by atoms with E-state index in [1.165, 1.54) is 12.3 Å². The van der Waals surface area contributed by atoms with Gasteiger partial charge in [-0.25, -0.2) is 0 Å². The average molecular weight is 394 g/mol. The fourth-order valence-corrected chi connectivity index (χ4v) is 2.84. The van der Waals surface area contributed by atoms with Crippen LogP contribution in [0.3, 0.4) is 0 Å². The van der Waals surface area contributed by atoms with Crippen LogP contribution >= 0.6 is 11.6 Å². The second-order valence-electron chi connectivity index (χ2n) is 6.20. The number of aromatic nitrogens is 1. The fourth-order valence-electron chi connectivity index (χ4n) is 2.72. The molecule has 6 heteroatoms. The third kappa shape index (κ3) is 4.96. The van der Waals surface area contributed by atoms with E-state index in [-0.39, 0.29) is 17.5 Å². The van der Waals surface area contributed by atoms with Crippen LogP contribution in [0.2, 0.25) is 5.02 Å². The molecule has 0 aliphatic carbocycles. The minimum atomic E-state index is -0.315. The normalized spacial score (nSPS) is 10.4. The van der Waals surface area contributed by atoms with E-state index < -0.39 is 0 Å². The maximum absolute atomic E-state index is 12.9. The lowest BCUT2D eigenvalue weighted by Gasteiger charge is -2.20. The molecular weight excluding hydrogens is 374 g/mol. The molecular formula is C22H20ClN3O2. The van der Waals surface area contributed by atoms with Gasteiger partial charge in [0.05, 0.1) is 0 Å². The minimum absolute atomic E-state index is 0.215. The molecule has 0 saturated carbocycles. The van der Waals surface area contributed by atoms with E-state index in [1.54, 1.807) is 35.2 Å². The van der Waals surface area contributed by atoms with Gasteiger partial charge in [0.2, 0.25) is 0 Å². The SMILES string of the molecule is CCN(Cc1ccccc1)C(=O)c1cc(C(=O)Nc2ccc(Cl)cc2)ccn1. The topological polar surface area (TPSA) is 62.3 Å². The minimum Gasteiger partial charge on any atom is -0.333 e. The van der Waals surface area contributed by atoms with E-state index in [0.717, 1.165) is 5.56 Å². The molecule has 5 nitrogen and oxygen atoms in total. The number of hydrogen-bond acceptors (Lipinski definition) is 3. The number of carbonyl (C=O) groups is 2. The van der Waals surface area contributed by atoms with Crippen LogP contribution in [0.4, 0.5) is 5.69 Å². The summed E-state index contributed by atoms with van der Waals surface area (Å²) >= 11 is 5.86. The lowest BCUT2D eigenvalue weighted by Crippen LogP contribution is -2.31. The molecule has 0 saturated heterocycles. The molecule has 3 rings (SSSR count). The first-order chi connectivity index (χ1) is 13.6. The van der Waals surface area contributed by atoms with Crippen molar-refractivity contribution in [1.29, 1.82) is 0 Å². The highest BCUT2D eigenvalue weighted by Gasteiger charge is 2.18. The van der Waals surface area contributed by atoms with Gasteiger partial charge in [-0.3, -0.25) is 14.6 Å². The molecule has 2 amide bonds. The first-order valence-electron chi connectivity index (χ1n) is 8.93. The van der Waals surface area contributed by atoms with E-state index in [1.807, 2.05) is 37.3 Å². The number of amides is 2. The third-order valence-electron chi connectivity index (χ3n) is 4.23. The Labute approximate surface area is 169 Å². The molecule has 3 aromatic rings. The number of halogens is 1. The lowest BCUT2D eigenvalue weighted by molar-refractivity contribution is 0.0746. The van der Waals surface area contributed by atoms with Crippen LogP contribution in [0, 0.1) is 0 Å². The molecule has 0 aliphatic rings. The Morgan fingerprint density at radius 2 is 1.75 bits per heavy atom. The van der Waals surface area contributed by atoms with E-state index >= 15 is 0 Å². The van der Waals surface area contributed by atoms with Crippen molar-refractivity contribution in [1.82, 2.24) is 9.88 Å². The molecule has 1 aromatic heterocycles. The fraction of sp³-hybridized carbons (Fsp3) is 0.136.